The summed E-state index contributed by atoms with van der Waals surface area (Å²) >= 11 is 0. The van der Waals surface area contributed by atoms with Crippen LogP contribution in [-0.4, -0.2) is 24.9 Å². The SMILES string of the molecule is CCCCC(=O)CC[C@@H]1/C(=C\[Si](C)(C)C)[C@H]([C@@H](CCCC)C(=O)O)CC[C@H]1C. The number of carboxylic acids is 1. The zero-order chi connectivity index (χ0) is 21.3. The number of ketones is 1. The second-order valence-corrected chi connectivity index (χ2v) is 15.1. The Morgan fingerprint density at radius 1 is 1.11 bits per heavy atom. The van der Waals surface area contributed by atoms with Crippen LogP contribution in [-0.2, 0) is 9.59 Å². The number of carbonyl (C=O) groups excluding carboxylic acids is 1. The number of hydrogen-bond donors (Lipinski definition) is 1. The molecule has 0 aromatic heterocycles. The highest BCUT2D eigenvalue weighted by atomic mass is 28.3. The molecule has 0 amide bonds. The van der Waals surface area contributed by atoms with E-state index >= 15 is 0 Å². The molecule has 4 heteroatoms. The lowest BCUT2D eigenvalue weighted by Crippen LogP contribution is -2.36. The van der Waals surface area contributed by atoms with Crippen molar-refractivity contribution in [3.8, 4) is 0 Å². The Balaban J connectivity index is 3.11. The lowest BCUT2D eigenvalue weighted by Gasteiger charge is -2.41. The van der Waals surface area contributed by atoms with Gasteiger partial charge in [-0.3, -0.25) is 9.59 Å². The predicted octanol–water partition coefficient (Wildman–Crippen LogP) is 6.88. The van der Waals surface area contributed by atoms with Crippen molar-refractivity contribution in [3.05, 3.63) is 11.3 Å². The second-order valence-electron chi connectivity index (χ2n) is 10.0. The fraction of sp³-hybridized carbons (Fsp3) is 0.833. The van der Waals surface area contributed by atoms with Gasteiger partial charge in [0, 0.05) is 12.8 Å². The Morgan fingerprint density at radius 3 is 2.29 bits per heavy atom. The maximum atomic E-state index is 12.3. The summed E-state index contributed by atoms with van der Waals surface area (Å²) in [6, 6.07) is 0. The largest absolute Gasteiger partial charge is 0.481 e. The normalized spacial score (nSPS) is 25.6. The molecular formula is C24H44O3Si. The predicted molar refractivity (Wildman–Crippen MR) is 121 cm³/mol. The number of aliphatic carboxylic acids is 1. The van der Waals surface area contributed by atoms with E-state index in [0.29, 0.717) is 30.5 Å². The Hall–Kier alpha value is -0.903. The van der Waals surface area contributed by atoms with E-state index in [4.69, 9.17) is 0 Å². The summed E-state index contributed by atoms with van der Waals surface area (Å²) in [6.07, 6.45) is 9.14. The minimum Gasteiger partial charge on any atom is -0.481 e. The Labute approximate surface area is 174 Å². The summed E-state index contributed by atoms with van der Waals surface area (Å²) in [6.45, 7) is 13.6. The van der Waals surface area contributed by atoms with Crippen molar-refractivity contribution in [2.75, 3.05) is 0 Å². The molecule has 1 saturated carbocycles. The van der Waals surface area contributed by atoms with Gasteiger partial charge in [-0.1, -0.05) is 70.9 Å². The van der Waals surface area contributed by atoms with Gasteiger partial charge >= 0.3 is 5.97 Å². The third-order valence-corrected chi connectivity index (χ3v) is 7.49. The summed E-state index contributed by atoms with van der Waals surface area (Å²) in [4.78, 5) is 24.4. The standard InChI is InChI=1S/C24H44O3Si/c1-7-9-11-19(25)14-16-20-18(3)13-15-21(23(20)17-28(4,5)6)22(24(26)27)12-10-8-2/h17-18,20-22H,7-16H2,1-6H3,(H,26,27)/b23-17+/t18-,20+,21+,22-/m1/s1. The van der Waals surface area contributed by atoms with Crippen molar-refractivity contribution in [2.45, 2.75) is 105 Å². The molecule has 1 fully saturated rings. The third kappa shape index (κ3) is 8.22. The highest BCUT2D eigenvalue weighted by Gasteiger charge is 2.39. The first kappa shape index (κ1) is 25.1. The molecule has 0 aromatic carbocycles. The van der Waals surface area contributed by atoms with Crippen LogP contribution in [0.4, 0.5) is 0 Å². The molecule has 3 nitrogen and oxygen atoms in total. The quantitative estimate of drug-likeness (QED) is 0.358. The number of unbranched alkanes of at least 4 members (excludes halogenated alkanes) is 2. The van der Waals surface area contributed by atoms with Gasteiger partial charge in [-0.25, -0.2) is 0 Å². The average Bonchev–Trinajstić information content (AvgIpc) is 2.59. The first-order chi connectivity index (χ1) is 13.1. The molecule has 1 aliphatic carbocycles. The molecule has 0 heterocycles. The Kier molecular flexibility index (Phi) is 10.7. The number of rotatable bonds is 12. The number of hydrogen-bond acceptors (Lipinski definition) is 2. The maximum absolute atomic E-state index is 12.3. The summed E-state index contributed by atoms with van der Waals surface area (Å²) < 4.78 is 0. The molecule has 0 saturated heterocycles. The third-order valence-electron chi connectivity index (χ3n) is 6.29. The summed E-state index contributed by atoms with van der Waals surface area (Å²) in [7, 11) is -1.49. The van der Waals surface area contributed by atoms with E-state index in [2.05, 4.69) is 46.1 Å². The molecule has 0 spiro atoms. The average molecular weight is 409 g/mol. The molecule has 4 atom stereocenters. The minimum atomic E-state index is -1.49. The molecule has 0 aromatic rings. The molecule has 0 radical (unpaired) electrons. The topological polar surface area (TPSA) is 54.4 Å². The highest BCUT2D eigenvalue weighted by Crippen LogP contribution is 2.45. The summed E-state index contributed by atoms with van der Waals surface area (Å²) in [5.41, 5.74) is 3.88. The van der Waals surface area contributed by atoms with Crippen LogP contribution in [0.2, 0.25) is 19.6 Å². The molecule has 1 N–H and O–H groups in total. The minimum absolute atomic E-state index is 0.155. The van der Waals surface area contributed by atoms with E-state index in [0.717, 1.165) is 51.4 Å². The van der Waals surface area contributed by atoms with Gasteiger partial charge in [-0.05, 0) is 49.9 Å². The molecule has 28 heavy (non-hydrogen) atoms. The summed E-state index contributed by atoms with van der Waals surface area (Å²) in [5.74, 6) is 0.547. The van der Waals surface area contributed by atoms with Gasteiger partial charge in [0.2, 0.25) is 0 Å². The van der Waals surface area contributed by atoms with Crippen molar-refractivity contribution in [1.29, 1.82) is 0 Å². The van der Waals surface area contributed by atoms with Crippen molar-refractivity contribution in [3.63, 3.8) is 0 Å². The Bertz CT molecular complexity index is 532. The molecule has 0 aliphatic heterocycles. The first-order valence-electron chi connectivity index (χ1n) is 11.6. The van der Waals surface area contributed by atoms with Crippen LogP contribution in [0, 0.1) is 23.7 Å². The van der Waals surface area contributed by atoms with Gasteiger partial charge in [-0.2, -0.15) is 0 Å². The fourth-order valence-electron chi connectivity index (χ4n) is 4.75. The van der Waals surface area contributed by atoms with E-state index in [9.17, 15) is 14.7 Å². The Morgan fingerprint density at radius 2 is 1.75 bits per heavy atom. The second kappa shape index (κ2) is 11.9. The van der Waals surface area contributed by atoms with Crippen molar-refractivity contribution >= 4 is 19.8 Å². The monoisotopic (exact) mass is 408 g/mol. The van der Waals surface area contributed by atoms with E-state index in [-0.39, 0.29) is 11.8 Å². The van der Waals surface area contributed by atoms with Crippen molar-refractivity contribution in [2.24, 2.45) is 23.7 Å². The van der Waals surface area contributed by atoms with Gasteiger partial charge in [0.05, 0.1) is 14.0 Å². The van der Waals surface area contributed by atoms with E-state index in [1.165, 1.54) is 5.57 Å². The van der Waals surface area contributed by atoms with Crippen LogP contribution in [0.1, 0.15) is 85.0 Å². The molecule has 0 unspecified atom stereocenters. The van der Waals surface area contributed by atoms with Crippen LogP contribution >= 0.6 is 0 Å². The lowest BCUT2D eigenvalue weighted by molar-refractivity contribution is -0.144. The number of carboxylic acid groups (broad SMARTS) is 1. The fourth-order valence-corrected chi connectivity index (χ4v) is 6.18. The van der Waals surface area contributed by atoms with Crippen molar-refractivity contribution < 1.29 is 14.7 Å². The van der Waals surface area contributed by atoms with Gasteiger partial charge in [0.1, 0.15) is 5.78 Å². The summed E-state index contributed by atoms with van der Waals surface area (Å²) in [5, 5.41) is 9.97. The van der Waals surface area contributed by atoms with Crippen LogP contribution in [0.15, 0.2) is 11.3 Å². The molecule has 162 valence electrons. The molecule has 1 aliphatic rings. The van der Waals surface area contributed by atoms with E-state index in [1.807, 2.05) is 0 Å². The maximum Gasteiger partial charge on any atom is 0.307 e. The van der Waals surface area contributed by atoms with Gasteiger partial charge in [0.15, 0.2) is 0 Å². The van der Waals surface area contributed by atoms with Crippen LogP contribution in [0.3, 0.4) is 0 Å². The van der Waals surface area contributed by atoms with Crippen LogP contribution in [0.25, 0.3) is 0 Å². The van der Waals surface area contributed by atoms with Gasteiger partial charge in [-0.15, -0.1) is 0 Å². The molecule has 1 rings (SSSR count). The highest BCUT2D eigenvalue weighted by molar-refractivity contribution is 6.81. The van der Waals surface area contributed by atoms with Crippen LogP contribution < -0.4 is 0 Å². The number of carbonyl (C=O) groups is 2. The first-order valence-corrected chi connectivity index (χ1v) is 15.2. The number of allylic oxidation sites excluding steroid dienone is 1. The lowest BCUT2D eigenvalue weighted by atomic mass is 9.65. The van der Waals surface area contributed by atoms with Gasteiger partial charge < -0.3 is 5.11 Å². The molecule has 0 bridgehead atoms. The van der Waals surface area contributed by atoms with E-state index < -0.39 is 14.0 Å². The zero-order valence-corrected chi connectivity index (χ0v) is 20.2. The van der Waals surface area contributed by atoms with E-state index in [1.54, 1.807) is 0 Å². The smallest absolute Gasteiger partial charge is 0.307 e. The molecular weight excluding hydrogens is 364 g/mol. The van der Waals surface area contributed by atoms with Crippen molar-refractivity contribution in [1.82, 2.24) is 0 Å². The number of Topliss-reactive ketones (excluding diaryl/α,β-unsaturated/α-hetero) is 1. The van der Waals surface area contributed by atoms with Crippen LogP contribution in [0.5, 0.6) is 0 Å². The van der Waals surface area contributed by atoms with Gasteiger partial charge in [0.25, 0.3) is 0 Å². The zero-order valence-electron chi connectivity index (χ0n) is 19.2.